The quantitative estimate of drug-likeness (QED) is 0.769. The van der Waals surface area contributed by atoms with Crippen molar-refractivity contribution in [2.75, 3.05) is 5.32 Å². The summed E-state index contributed by atoms with van der Waals surface area (Å²) in [5.41, 5.74) is 1.67. The lowest BCUT2D eigenvalue weighted by atomic mass is 10.3. The van der Waals surface area contributed by atoms with E-state index in [1.165, 1.54) is 4.88 Å². The fourth-order valence-electron chi connectivity index (χ4n) is 1.60. The van der Waals surface area contributed by atoms with Gasteiger partial charge in [0.15, 0.2) is 5.58 Å². The number of benzene rings is 1. The van der Waals surface area contributed by atoms with Crippen LogP contribution in [0.2, 0.25) is 0 Å². The van der Waals surface area contributed by atoms with Crippen molar-refractivity contribution in [1.29, 1.82) is 0 Å². The van der Waals surface area contributed by atoms with Gasteiger partial charge in [-0.1, -0.05) is 12.1 Å². The van der Waals surface area contributed by atoms with E-state index in [9.17, 15) is 0 Å². The van der Waals surface area contributed by atoms with Gasteiger partial charge in [0.2, 0.25) is 0 Å². The molecule has 0 aliphatic heterocycles. The molecule has 0 saturated heterocycles. The Morgan fingerprint density at radius 2 is 2.24 bits per heavy atom. The highest BCUT2D eigenvalue weighted by molar-refractivity contribution is 7.11. The number of para-hydroxylation sites is 2. The molecule has 0 saturated carbocycles. The number of aryl methyl sites for hydroxylation is 1. The number of thiazole rings is 1. The number of oxazole rings is 1. The Bertz CT molecular complexity index is 611. The highest BCUT2D eigenvalue weighted by Gasteiger charge is 2.05. The van der Waals surface area contributed by atoms with Crippen molar-refractivity contribution >= 4 is 28.5 Å². The van der Waals surface area contributed by atoms with E-state index in [1.54, 1.807) is 11.3 Å². The van der Waals surface area contributed by atoms with Gasteiger partial charge in [0.1, 0.15) is 5.52 Å². The number of fused-ring (bicyclic) bond motifs is 1. The van der Waals surface area contributed by atoms with Crippen LogP contribution in [0.25, 0.3) is 11.1 Å². The summed E-state index contributed by atoms with van der Waals surface area (Å²) in [7, 11) is 0. The van der Waals surface area contributed by atoms with E-state index in [1.807, 2.05) is 37.4 Å². The first-order chi connectivity index (χ1) is 8.31. The Morgan fingerprint density at radius 1 is 1.35 bits per heavy atom. The molecule has 0 aliphatic rings. The molecule has 2 aromatic heterocycles. The van der Waals surface area contributed by atoms with Crippen LogP contribution in [0.3, 0.4) is 0 Å². The van der Waals surface area contributed by atoms with E-state index in [0.717, 1.165) is 16.1 Å². The average Bonchev–Trinajstić information content (AvgIpc) is 2.91. The number of nitrogens with zero attached hydrogens (tertiary/aromatic N) is 2. The maximum atomic E-state index is 5.56. The zero-order valence-corrected chi connectivity index (χ0v) is 10.1. The summed E-state index contributed by atoms with van der Waals surface area (Å²) in [4.78, 5) is 9.71. The Balaban J connectivity index is 1.76. The molecule has 86 valence electrons. The fourth-order valence-corrected chi connectivity index (χ4v) is 2.33. The average molecular weight is 245 g/mol. The normalized spacial score (nSPS) is 10.9. The van der Waals surface area contributed by atoms with Crippen LogP contribution in [0.15, 0.2) is 34.9 Å². The molecule has 0 bridgehead atoms. The van der Waals surface area contributed by atoms with Crippen molar-refractivity contribution in [2.45, 2.75) is 13.5 Å². The van der Waals surface area contributed by atoms with Gasteiger partial charge in [-0.15, -0.1) is 11.3 Å². The molecule has 0 amide bonds. The highest BCUT2D eigenvalue weighted by atomic mass is 32.1. The summed E-state index contributed by atoms with van der Waals surface area (Å²) < 4.78 is 5.56. The SMILES string of the molecule is Cc1ncc(CNc2nc3ccccc3o2)s1. The van der Waals surface area contributed by atoms with Crippen LogP contribution in [0.5, 0.6) is 0 Å². The van der Waals surface area contributed by atoms with Crippen molar-refractivity contribution in [2.24, 2.45) is 0 Å². The summed E-state index contributed by atoms with van der Waals surface area (Å²) in [5.74, 6) is 0. The van der Waals surface area contributed by atoms with Crippen molar-refractivity contribution in [3.05, 3.63) is 40.3 Å². The number of rotatable bonds is 3. The fraction of sp³-hybridized carbons (Fsp3) is 0.167. The molecule has 2 heterocycles. The molecular formula is C12H11N3OS. The number of aromatic nitrogens is 2. The van der Waals surface area contributed by atoms with E-state index >= 15 is 0 Å². The zero-order chi connectivity index (χ0) is 11.7. The summed E-state index contributed by atoms with van der Waals surface area (Å²) in [5, 5.41) is 4.23. The third-order valence-corrected chi connectivity index (χ3v) is 3.29. The van der Waals surface area contributed by atoms with Gasteiger partial charge < -0.3 is 9.73 Å². The van der Waals surface area contributed by atoms with Crippen LogP contribution >= 0.6 is 11.3 Å². The van der Waals surface area contributed by atoms with Gasteiger partial charge in [0.05, 0.1) is 11.6 Å². The van der Waals surface area contributed by atoms with Crippen LogP contribution in [0, 0.1) is 6.92 Å². The minimum absolute atomic E-state index is 0.553. The highest BCUT2D eigenvalue weighted by Crippen LogP contribution is 2.19. The van der Waals surface area contributed by atoms with Crippen molar-refractivity contribution in [3.63, 3.8) is 0 Å². The van der Waals surface area contributed by atoms with Crippen molar-refractivity contribution in [1.82, 2.24) is 9.97 Å². The number of anilines is 1. The minimum Gasteiger partial charge on any atom is -0.424 e. The number of hydrogen-bond acceptors (Lipinski definition) is 5. The molecule has 17 heavy (non-hydrogen) atoms. The van der Waals surface area contributed by atoms with Crippen molar-refractivity contribution in [3.8, 4) is 0 Å². The molecule has 5 heteroatoms. The molecular weight excluding hydrogens is 234 g/mol. The van der Waals surface area contributed by atoms with E-state index < -0.39 is 0 Å². The molecule has 3 aromatic rings. The van der Waals surface area contributed by atoms with Gasteiger partial charge in [-0.05, 0) is 19.1 Å². The second kappa shape index (κ2) is 4.18. The molecule has 0 fully saturated rings. The lowest BCUT2D eigenvalue weighted by molar-refractivity contribution is 0.615. The number of nitrogens with one attached hydrogen (secondary N) is 1. The summed E-state index contributed by atoms with van der Waals surface area (Å²) in [6.07, 6.45) is 1.87. The third kappa shape index (κ3) is 2.14. The van der Waals surface area contributed by atoms with Crippen LogP contribution in [-0.4, -0.2) is 9.97 Å². The van der Waals surface area contributed by atoms with E-state index in [0.29, 0.717) is 12.6 Å². The largest absolute Gasteiger partial charge is 0.424 e. The maximum absolute atomic E-state index is 5.56. The molecule has 0 spiro atoms. The van der Waals surface area contributed by atoms with Gasteiger partial charge in [0, 0.05) is 11.1 Å². The summed E-state index contributed by atoms with van der Waals surface area (Å²) in [6, 6.07) is 8.27. The molecule has 4 nitrogen and oxygen atoms in total. The Labute approximate surface area is 102 Å². The van der Waals surface area contributed by atoms with Crippen LogP contribution in [0.4, 0.5) is 6.01 Å². The monoisotopic (exact) mass is 245 g/mol. The molecule has 1 N–H and O–H groups in total. The first kappa shape index (κ1) is 10.3. The first-order valence-corrected chi connectivity index (χ1v) is 6.14. The topological polar surface area (TPSA) is 51.0 Å². The molecule has 1 aromatic carbocycles. The Kier molecular flexibility index (Phi) is 2.53. The van der Waals surface area contributed by atoms with Gasteiger partial charge in [-0.25, -0.2) is 4.98 Å². The van der Waals surface area contributed by atoms with Gasteiger partial charge in [-0.2, -0.15) is 4.98 Å². The van der Waals surface area contributed by atoms with E-state index in [2.05, 4.69) is 15.3 Å². The Hall–Kier alpha value is -1.88. The summed E-state index contributed by atoms with van der Waals surface area (Å²) >= 11 is 1.67. The van der Waals surface area contributed by atoms with Gasteiger partial charge >= 0.3 is 0 Å². The maximum Gasteiger partial charge on any atom is 0.295 e. The molecule has 0 aliphatic carbocycles. The summed E-state index contributed by atoms with van der Waals surface area (Å²) in [6.45, 7) is 2.69. The molecule has 0 radical (unpaired) electrons. The standard InChI is InChI=1S/C12H11N3OS/c1-8-13-6-9(17-8)7-14-12-15-10-4-2-3-5-11(10)16-12/h2-6H,7H2,1H3,(H,14,15). The second-order valence-corrected chi connectivity index (χ2v) is 5.01. The van der Waals surface area contributed by atoms with E-state index in [4.69, 9.17) is 4.42 Å². The zero-order valence-electron chi connectivity index (χ0n) is 9.30. The number of hydrogen-bond donors (Lipinski definition) is 1. The minimum atomic E-state index is 0.553. The van der Waals surface area contributed by atoms with Crippen LogP contribution < -0.4 is 5.32 Å². The second-order valence-electron chi connectivity index (χ2n) is 3.69. The smallest absolute Gasteiger partial charge is 0.295 e. The van der Waals surface area contributed by atoms with Crippen molar-refractivity contribution < 1.29 is 4.42 Å². The molecule has 0 atom stereocenters. The van der Waals surface area contributed by atoms with E-state index in [-0.39, 0.29) is 0 Å². The lowest BCUT2D eigenvalue weighted by Crippen LogP contribution is -1.96. The Morgan fingerprint density at radius 3 is 3.00 bits per heavy atom. The van der Waals surface area contributed by atoms with Crippen LogP contribution in [0.1, 0.15) is 9.88 Å². The van der Waals surface area contributed by atoms with Gasteiger partial charge in [-0.3, -0.25) is 0 Å². The third-order valence-electron chi connectivity index (χ3n) is 2.38. The molecule has 3 rings (SSSR count). The molecule has 0 unspecified atom stereocenters. The van der Waals surface area contributed by atoms with Gasteiger partial charge in [0.25, 0.3) is 6.01 Å². The predicted molar refractivity (Wildman–Crippen MR) is 68.2 cm³/mol. The predicted octanol–water partition coefficient (Wildman–Crippen LogP) is 3.20. The van der Waals surface area contributed by atoms with Crippen LogP contribution in [-0.2, 0) is 6.54 Å². The first-order valence-electron chi connectivity index (χ1n) is 5.32. The lowest BCUT2D eigenvalue weighted by Gasteiger charge is -1.96.